The van der Waals surface area contributed by atoms with Crippen molar-refractivity contribution in [3.8, 4) is 10.9 Å². The van der Waals surface area contributed by atoms with Crippen molar-refractivity contribution in [2.24, 2.45) is 4.99 Å². The first-order valence-electron chi connectivity index (χ1n) is 14.8. The van der Waals surface area contributed by atoms with Crippen molar-refractivity contribution in [2.45, 2.75) is 58.2 Å². The van der Waals surface area contributed by atoms with Gasteiger partial charge in [0.1, 0.15) is 16.9 Å². The van der Waals surface area contributed by atoms with Gasteiger partial charge in [0.25, 0.3) is 0 Å². The molecule has 236 valence electrons. The number of methoxy groups -OCH3 is 1. The number of ether oxygens (including phenoxy) is 1. The summed E-state index contributed by atoms with van der Waals surface area (Å²) in [5.41, 5.74) is 4.17. The lowest BCUT2D eigenvalue weighted by molar-refractivity contribution is -0.123. The van der Waals surface area contributed by atoms with E-state index in [0.717, 1.165) is 33.2 Å². The molecule has 2 aliphatic rings. The van der Waals surface area contributed by atoms with E-state index in [1.807, 2.05) is 35.8 Å². The van der Waals surface area contributed by atoms with E-state index in [4.69, 9.17) is 21.3 Å². The molecule has 6 rings (SSSR count). The summed E-state index contributed by atoms with van der Waals surface area (Å²) in [5, 5.41) is 16.4. The van der Waals surface area contributed by atoms with Gasteiger partial charge in [-0.1, -0.05) is 23.7 Å². The molecule has 1 aliphatic carbocycles. The molecule has 0 bridgehead atoms. The maximum atomic E-state index is 13.3. The van der Waals surface area contributed by atoms with E-state index >= 15 is 0 Å². The number of hydrogen-bond donors (Lipinski definition) is 2. The molecular weight excluding hydrogens is 626 g/mol. The number of aromatic nitrogens is 4. The van der Waals surface area contributed by atoms with Crippen molar-refractivity contribution >= 4 is 46.2 Å². The summed E-state index contributed by atoms with van der Waals surface area (Å²) >= 11 is 7.86. The average molecular weight is 658 g/mol. The lowest BCUT2D eigenvalue weighted by Crippen LogP contribution is -2.53. The van der Waals surface area contributed by atoms with Crippen molar-refractivity contribution < 1.29 is 19.1 Å². The highest BCUT2D eigenvalue weighted by Gasteiger charge is 2.35. The van der Waals surface area contributed by atoms with Gasteiger partial charge in [-0.2, -0.15) is 0 Å². The molecule has 1 atom stereocenters. The van der Waals surface area contributed by atoms with Crippen molar-refractivity contribution in [3.63, 3.8) is 0 Å². The normalized spacial score (nSPS) is 18.5. The van der Waals surface area contributed by atoms with Crippen LogP contribution in [0.4, 0.5) is 0 Å². The SMILES string of the molecule is COc1ccc(C(=O)/C=C/C(=O)N[C@H]2C[C@@H](NC(=O)C[C@@H]3N=C(c4ccc(Cl)cc4)c4c(sc(C)c4C)-n4c(C)nnc43)C2)cn1. The molecule has 13 heteroatoms. The Balaban J connectivity index is 1.10. The minimum Gasteiger partial charge on any atom is -0.481 e. The predicted molar refractivity (Wildman–Crippen MR) is 175 cm³/mol. The molecule has 1 saturated carbocycles. The second kappa shape index (κ2) is 13.0. The Hall–Kier alpha value is -4.68. The number of rotatable bonds is 9. The van der Waals surface area contributed by atoms with Crippen LogP contribution in [0.25, 0.3) is 5.00 Å². The van der Waals surface area contributed by atoms with Crippen LogP contribution < -0.4 is 15.4 Å². The largest absolute Gasteiger partial charge is 0.481 e. The fraction of sp³-hybridized carbons (Fsp3) is 0.303. The highest BCUT2D eigenvalue weighted by Crippen LogP contribution is 2.39. The van der Waals surface area contributed by atoms with Gasteiger partial charge in [0.15, 0.2) is 11.6 Å². The molecule has 0 saturated heterocycles. The molecule has 1 aliphatic heterocycles. The number of aliphatic imine (C=N–C) groups is 1. The Morgan fingerprint density at radius 1 is 1.02 bits per heavy atom. The molecule has 4 aromatic rings. The molecule has 2 N–H and O–H groups in total. The van der Waals surface area contributed by atoms with Crippen LogP contribution in [0.15, 0.2) is 59.7 Å². The van der Waals surface area contributed by atoms with Gasteiger partial charge >= 0.3 is 0 Å². The van der Waals surface area contributed by atoms with Gasteiger partial charge in [0.2, 0.25) is 17.7 Å². The zero-order chi connectivity index (χ0) is 32.5. The number of nitrogens with one attached hydrogen (secondary N) is 2. The van der Waals surface area contributed by atoms with E-state index in [2.05, 4.69) is 39.7 Å². The monoisotopic (exact) mass is 657 g/mol. The van der Waals surface area contributed by atoms with E-state index < -0.39 is 6.04 Å². The van der Waals surface area contributed by atoms with E-state index in [1.54, 1.807) is 23.5 Å². The molecule has 0 radical (unpaired) electrons. The number of fused-ring (bicyclic) bond motifs is 3. The van der Waals surface area contributed by atoms with E-state index in [9.17, 15) is 14.4 Å². The van der Waals surface area contributed by atoms with Crippen LogP contribution in [0.2, 0.25) is 5.02 Å². The van der Waals surface area contributed by atoms with E-state index in [-0.39, 0.29) is 36.1 Å². The molecule has 0 unspecified atom stereocenters. The number of halogens is 1. The smallest absolute Gasteiger partial charge is 0.244 e. The Kier molecular flexibility index (Phi) is 8.83. The third-order valence-corrected chi connectivity index (χ3v) is 9.65. The number of benzene rings is 1. The molecule has 4 heterocycles. The summed E-state index contributed by atoms with van der Waals surface area (Å²) in [5.74, 6) is 0.863. The second-order valence-corrected chi connectivity index (χ2v) is 13.0. The third-order valence-electron chi connectivity index (χ3n) is 8.20. The maximum Gasteiger partial charge on any atom is 0.244 e. The third kappa shape index (κ3) is 6.35. The van der Waals surface area contributed by atoms with Crippen LogP contribution in [0.3, 0.4) is 0 Å². The molecule has 2 amide bonds. The Morgan fingerprint density at radius 2 is 1.76 bits per heavy atom. The first kappa shape index (κ1) is 31.3. The number of aryl methyl sites for hydroxylation is 2. The van der Waals surface area contributed by atoms with Gasteiger partial charge in [-0.15, -0.1) is 21.5 Å². The average Bonchev–Trinajstić information content (AvgIpc) is 3.51. The minimum absolute atomic E-state index is 0.0841. The highest BCUT2D eigenvalue weighted by molar-refractivity contribution is 7.15. The minimum atomic E-state index is -0.565. The summed E-state index contributed by atoms with van der Waals surface area (Å²) < 4.78 is 7.01. The summed E-state index contributed by atoms with van der Waals surface area (Å²) in [6, 6.07) is 9.96. The van der Waals surface area contributed by atoms with Gasteiger partial charge < -0.3 is 15.4 Å². The van der Waals surface area contributed by atoms with Crippen LogP contribution in [-0.4, -0.2) is 62.3 Å². The zero-order valence-electron chi connectivity index (χ0n) is 25.7. The number of nitrogens with zero attached hydrogens (tertiary/aromatic N) is 5. The predicted octanol–water partition coefficient (Wildman–Crippen LogP) is 4.80. The van der Waals surface area contributed by atoms with Gasteiger partial charge in [-0.05, 0) is 63.5 Å². The lowest BCUT2D eigenvalue weighted by Gasteiger charge is -2.36. The van der Waals surface area contributed by atoms with Crippen molar-refractivity contribution in [2.75, 3.05) is 7.11 Å². The number of thiophene rings is 1. The molecule has 46 heavy (non-hydrogen) atoms. The standard InChI is InChI=1S/C33H32ClN7O4S/c1-17-18(2)46-33-30(17)31(20-5-8-22(34)9-6-20)38-25(32-40-39-19(3)41(32)33)15-28(44)37-24-13-23(14-24)36-27(43)11-10-26(42)21-7-12-29(45-4)35-16-21/h5-12,16,23-25H,13-15H2,1-4H3,(H,36,43)(H,37,44)/b11-10+/t23-,24+,25-/m0/s1. The maximum absolute atomic E-state index is 13.3. The molecule has 1 fully saturated rings. The van der Waals surface area contributed by atoms with Gasteiger partial charge in [-0.3, -0.25) is 23.9 Å². The highest BCUT2D eigenvalue weighted by atomic mass is 35.5. The summed E-state index contributed by atoms with van der Waals surface area (Å²) in [6.07, 6.45) is 5.06. The van der Waals surface area contributed by atoms with Crippen LogP contribution >= 0.6 is 22.9 Å². The van der Waals surface area contributed by atoms with E-state index in [0.29, 0.717) is 35.1 Å². The van der Waals surface area contributed by atoms with Crippen molar-refractivity contribution in [3.05, 3.63) is 98.5 Å². The fourth-order valence-corrected chi connectivity index (χ4v) is 6.93. The summed E-state index contributed by atoms with van der Waals surface area (Å²) in [7, 11) is 1.49. The summed E-state index contributed by atoms with van der Waals surface area (Å²) in [6.45, 7) is 6.07. The fourth-order valence-electron chi connectivity index (χ4n) is 5.59. The molecule has 11 nitrogen and oxygen atoms in total. The van der Waals surface area contributed by atoms with Gasteiger partial charge in [0.05, 0.1) is 19.2 Å². The summed E-state index contributed by atoms with van der Waals surface area (Å²) in [4.78, 5) is 48.4. The number of carbonyl (C=O) groups excluding carboxylic acids is 3. The topological polar surface area (TPSA) is 140 Å². The van der Waals surface area contributed by atoms with Gasteiger partial charge in [0, 0.05) is 57.0 Å². The number of hydrogen-bond acceptors (Lipinski definition) is 9. The van der Waals surface area contributed by atoms with Crippen molar-refractivity contribution in [1.82, 2.24) is 30.4 Å². The van der Waals surface area contributed by atoms with Crippen LogP contribution in [-0.2, 0) is 9.59 Å². The number of carbonyl (C=O) groups is 3. The number of ketones is 1. The molecular formula is C33H32ClN7O4S. The zero-order valence-corrected chi connectivity index (χ0v) is 27.3. The van der Waals surface area contributed by atoms with Crippen LogP contribution in [0.1, 0.15) is 68.9 Å². The van der Waals surface area contributed by atoms with Gasteiger partial charge in [-0.25, -0.2) is 4.98 Å². The molecule has 1 aromatic carbocycles. The Labute approximate surface area is 274 Å². The molecule has 3 aromatic heterocycles. The molecule has 0 spiro atoms. The first-order chi connectivity index (χ1) is 22.1. The van der Waals surface area contributed by atoms with E-state index in [1.165, 1.54) is 30.3 Å². The van der Waals surface area contributed by atoms with Crippen molar-refractivity contribution in [1.29, 1.82) is 0 Å². The van der Waals surface area contributed by atoms with Crippen LogP contribution in [0, 0.1) is 20.8 Å². The van der Waals surface area contributed by atoms with Crippen LogP contribution in [0.5, 0.6) is 5.88 Å². The number of allylic oxidation sites excluding steroid dienone is 1. The Bertz CT molecular complexity index is 1870. The number of pyridine rings is 1. The quantitative estimate of drug-likeness (QED) is 0.195. The first-order valence-corrected chi connectivity index (χ1v) is 16.0. The second-order valence-electron chi connectivity index (χ2n) is 11.3. The number of amides is 2. The Morgan fingerprint density at radius 3 is 2.46 bits per heavy atom. The lowest BCUT2D eigenvalue weighted by atomic mass is 9.86.